The van der Waals surface area contributed by atoms with Crippen molar-refractivity contribution in [1.82, 2.24) is 20.0 Å². The maximum atomic E-state index is 16.8. The van der Waals surface area contributed by atoms with Crippen molar-refractivity contribution in [2.75, 3.05) is 6.61 Å². The smallest absolute Gasteiger partial charge is 0.459 e. The number of amides is 1. The monoisotopic (exact) mass is 734 g/mol. The Hall–Kier alpha value is -4.83. The van der Waals surface area contributed by atoms with E-state index in [1.165, 1.54) is 26.0 Å². The van der Waals surface area contributed by atoms with E-state index in [1.807, 2.05) is 4.98 Å². The number of alkyl carbamates (subject to hydrolysis) is 1. The number of carbonyl (C=O) groups excluding carboxylic acids is 3. The van der Waals surface area contributed by atoms with Crippen molar-refractivity contribution in [2.45, 2.75) is 83.5 Å². The Morgan fingerprint density at radius 2 is 1.63 bits per heavy atom. The van der Waals surface area contributed by atoms with Crippen LogP contribution in [0.15, 0.2) is 82.5 Å². The molecule has 0 spiro atoms. The van der Waals surface area contributed by atoms with Crippen LogP contribution in [0, 0.1) is 0 Å². The van der Waals surface area contributed by atoms with E-state index < -0.39 is 85.9 Å². The Bertz CT molecular complexity index is 1820. The molecule has 51 heavy (non-hydrogen) atoms. The number of nitrogens with one attached hydrogen (secondary N) is 3. The second kappa shape index (κ2) is 16.9. The number of aromatic amines is 1. The standard InChI is InChI=1S/C33H40FN4O12P/c1-20(2)47-29(41)22(4)37-51(44,50-24-14-10-7-11-15-24)46-19-25-27(33(5,34)30(48-25)38-17-16-26(39)36-31(38)42)49-28(40)21(3)35-32(43)45-18-23-12-8-6-9-13-23/h6-17,20-22,25,27,30H,18-19H2,1-5H3,(H,35,43)(H,37,44)(H,36,39,42)/t21-,22-,25+,27+,30+,33+,51-/m0/s1. The number of ether oxygens (including phenoxy) is 4. The van der Waals surface area contributed by atoms with Gasteiger partial charge in [0.25, 0.3) is 5.56 Å². The third-order valence-corrected chi connectivity index (χ3v) is 9.01. The fraction of sp³-hybridized carbons (Fsp3) is 0.424. The summed E-state index contributed by atoms with van der Waals surface area (Å²) in [6.07, 6.45) is -5.68. The first-order valence-electron chi connectivity index (χ1n) is 15.9. The molecule has 3 aromatic rings. The minimum absolute atomic E-state index is 0.0835. The second-order valence-electron chi connectivity index (χ2n) is 12.0. The van der Waals surface area contributed by atoms with Crippen LogP contribution in [0.3, 0.4) is 0 Å². The molecular formula is C33H40FN4O12P. The molecule has 1 amide bonds. The molecule has 7 atom stereocenters. The summed E-state index contributed by atoms with van der Waals surface area (Å²) in [6.45, 7) is 6.01. The molecule has 2 aromatic carbocycles. The van der Waals surface area contributed by atoms with Crippen molar-refractivity contribution < 1.29 is 51.3 Å². The average molecular weight is 735 g/mol. The van der Waals surface area contributed by atoms with Crippen molar-refractivity contribution >= 4 is 25.8 Å². The van der Waals surface area contributed by atoms with Gasteiger partial charge in [0, 0.05) is 12.3 Å². The molecule has 0 aliphatic carbocycles. The lowest BCUT2D eigenvalue weighted by Crippen LogP contribution is -2.49. The summed E-state index contributed by atoms with van der Waals surface area (Å²) in [4.78, 5) is 64.6. The molecule has 4 rings (SSSR count). The van der Waals surface area contributed by atoms with E-state index in [0.717, 1.165) is 23.8 Å². The van der Waals surface area contributed by atoms with Crippen molar-refractivity contribution in [3.05, 3.63) is 99.3 Å². The van der Waals surface area contributed by atoms with Crippen LogP contribution in [0.1, 0.15) is 46.4 Å². The third kappa shape index (κ3) is 10.6. The van der Waals surface area contributed by atoms with E-state index in [4.69, 9.17) is 28.0 Å². The van der Waals surface area contributed by atoms with Gasteiger partial charge in [0.05, 0.1) is 12.7 Å². The summed E-state index contributed by atoms with van der Waals surface area (Å²) in [5.74, 6) is -1.80. The lowest BCUT2D eigenvalue weighted by molar-refractivity contribution is -0.160. The maximum absolute atomic E-state index is 16.8. The molecule has 1 aliphatic rings. The molecule has 2 heterocycles. The second-order valence-corrected chi connectivity index (χ2v) is 13.7. The lowest BCUT2D eigenvalue weighted by Gasteiger charge is -2.29. The van der Waals surface area contributed by atoms with Crippen molar-refractivity contribution in [3.63, 3.8) is 0 Å². The summed E-state index contributed by atoms with van der Waals surface area (Å²) in [6, 6.07) is 15.0. The SMILES string of the molecule is CC(C)OC(=O)[C@H](C)N[P@](=O)(OC[C@H]1O[C@@H](n2ccc(=O)[nH]c2=O)[C@](C)(F)[C@@H]1OC(=O)[C@H](C)NC(=O)OCc1ccccc1)Oc1ccccc1. The van der Waals surface area contributed by atoms with Crippen LogP contribution in [0.4, 0.5) is 9.18 Å². The molecule has 0 saturated carbocycles. The highest BCUT2D eigenvalue weighted by Crippen LogP contribution is 2.48. The van der Waals surface area contributed by atoms with Crippen LogP contribution in [-0.4, -0.2) is 70.3 Å². The Kier molecular flexibility index (Phi) is 12.9. The fourth-order valence-corrected chi connectivity index (χ4v) is 6.38. The van der Waals surface area contributed by atoms with E-state index >= 15 is 4.39 Å². The summed E-state index contributed by atoms with van der Waals surface area (Å²) in [7, 11) is -4.51. The molecule has 16 nitrogen and oxygen atoms in total. The lowest BCUT2D eigenvalue weighted by atomic mass is 9.98. The van der Waals surface area contributed by atoms with Crippen LogP contribution in [0.25, 0.3) is 0 Å². The minimum atomic E-state index is -4.51. The van der Waals surface area contributed by atoms with E-state index in [0.29, 0.717) is 5.56 Å². The number of benzene rings is 2. The number of esters is 2. The van der Waals surface area contributed by atoms with Crippen molar-refractivity contribution in [1.29, 1.82) is 0 Å². The molecule has 1 aliphatic heterocycles. The molecular weight excluding hydrogens is 694 g/mol. The highest BCUT2D eigenvalue weighted by atomic mass is 31.2. The number of carbonyl (C=O) groups is 3. The Morgan fingerprint density at radius 3 is 2.25 bits per heavy atom. The van der Waals surface area contributed by atoms with Crippen molar-refractivity contribution in [3.8, 4) is 5.75 Å². The molecule has 3 N–H and O–H groups in total. The Balaban J connectivity index is 1.56. The highest BCUT2D eigenvalue weighted by molar-refractivity contribution is 7.52. The number of aromatic nitrogens is 2. The third-order valence-electron chi connectivity index (χ3n) is 7.36. The number of H-pyrrole nitrogens is 1. The van der Waals surface area contributed by atoms with Gasteiger partial charge >= 0.3 is 31.5 Å². The summed E-state index contributed by atoms with van der Waals surface area (Å²) in [5.41, 5.74) is -3.78. The first kappa shape index (κ1) is 39.0. The first-order chi connectivity index (χ1) is 24.1. The van der Waals surface area contributed by atoms with Gasteiger partial charge in [-0.2, -0.15) is 5.09 Å². The number of hydrogen-bond donors (Lipinski definition) is 3. The van der Waals surface area contributed by atoms with Crippen LogP contribution in [0.5, 0.6) is 5.75 Å². The molecule has 276 valence electrons. The topological polar surface area (TPSA) is 203 Å². The van der Waals surface area contributed by atoms with Gasteiger partial charge in [0.1, 0.15) is 30.5 Å². The molecule has 18 heteroatoms. The van der Waals surface area contributed by atoms with Gasteiger partial charge < -0.3 is 28.8 Å². The number of hydrogen-bond acceptors (Lipinski definition) is 12. The van der Waals surface area contributed by atoms with Gasteiger partial charge in [0.2, 0.25) is 0 Å². The van der Waals surface area contributed by atoms with Crippen molar-refractivity contribution in [2.24, 2.45) is 0 Å². The zero-order valence-corrected chi connectivity index (χ0v) is 29.4. The van der Waals surface area contributed by atoms with Gasteiger partial charge in [-0.05, 0) is 52.3 Å². The minimum Gasteiger partial charge on any atom is -0.462 e. The molecule has 1 aromatic heterocycles. The molecule has 0 radical (unpaired) electrons. The molecule has 1 saturated heterocycles. The quantitative estimate of drug-likeness (QED) is 0.116. The highest BCUT2D eigenvalue weighted by Gasteiger charge is 2.59. The van der Waals surface area contributed by atoms with Gasteiger partial charge in [-0.25, -0.2) is 23.3 Å². The van der Waals surface area contributed by atoms with Gasteiger partial charge in [-0.15, -0.1) is 0 Å². The average Bonchev–Trinajstić information content (AvgIpc) is 3.31. The van der Waals surface area contributed by atoms with Gasteiger partial charge in [-0.3, -0.25) is 23.7 Å². The maximum Gasteiger partial charge on any atom is 0.459 e. The first-order valence-corrected chi connectivity index (χ1v) is 17.4. The molecule has 1 fully saturated rings. The summed E-state index contributed by atoms with van der Waals surface area (Å²) >= 11 is 0. The number of halogens is 1. The zero-order valence-electron chi connectivity index (χ0n) is 28.5. The van der Waals surface area contributed by atoms with Crippen LogP contribution in [0.2, 0.25) is 0 Å². The number of rotatable bonds is 15. The van der Waals surface area contributed by atoms with Crippen LogP contribution >= 0.6 is 7.75 Å². The van der Waals surface area contributed by atoms with Crippen LogP contribution < -0.4 is 26.2 Å². The van der Waals surface area contributed by atoms with E-state index in [-0.39, 0.29) is 12.4 Å². The summed E-state index contributed by atoms with van der Waals surface area (Å²) < 4.78 is 64.6. The predicted molar refractivity (Wildman–Crippen MR) is 178 cm³/mol. The van der Waals surface area contributed by atoms with E-state index in [2.05, 4.69) is 10.4 Å². The van der Waals surface area contributed by atoms with E-state index in [1.54, 1.807) is 62.4 Å². The Morgan fingerprint density at radius 1 is 0.980 bits per heavy atom. The Labute approximate surface area is 292 Å². The predicted octanol–water partition coefficient (Wildman–Crippen LogP) is 3.52. The zero-order chi connectivity index (χ0) is 37.3. The fourth-order valence-electron chi connectivity index (χ4n) is 4.87. The van der Waals surface area contributed by atoms with E-state index in [9.17, 15) is 28.5 Å². The number of nitrogens with zero attached hydrogens (tertiary/aromatic N) is 1. The molecule has 0 bridgehead atoms. The number of para-hydroxylation sites is 1. The molecule has 0 unspecified atom stereocenters. The number of alkyl halides is 1. The normalized spacial score (nSPS) is 22.3. The van der Waals surface area contributed by atoms with Gasteiger partial charge in [-0.1, -0.05) is 48.5 Å². The van der Waals surface area contributed by atoms with Gasteiger partial charge in [0.15, 0.2) is 18.0 Å². The van der Waals surface area contributed by atoms with Crippen LogP contribution in [-0.2, 0) is 44.2 Å². The summed E-state index contributed by atoms with van der Waals surface area (Å²) in [5, 5.41) is 4.80. The largest absolute Gasteiger partial charge is 0.462 e.